The Labute approximate surface area is 175 Å². The van der Waals surface area contributed by atoms with Crippen molar-refractivity contribution < 1.29 is 19.3 Å². The third kappa shape index (κ3) is 4.55. The van der Waals surface area contributed by atoms with Crippen LogP contribution < -0.4 is 5.32 Å². The van der Waals surface area contributed by atoms with E-state index < -0.39 is 21.9 Å². The van der Waals surface area contributed by atoms with Crippen LogP contribution in [0.1, 0.15) is 19.6 Å². The number of amides is 2. The van der Waals surface area contributed by atoms with Gasteiger partial charge in [-0.25, -0.2) is 9.80 Å². The van der Waals surface area contributed by atoms with Crippen LogP contribution in [-0.4, -0.2) is 47.7 Å². The fourth-order valence-corrected chi connectivity index (χ4v) is 4.46. The van der Waals surface area contributed by atoms with E-state index in [1.807, 2.05) is 13.8 Å². The molecule has 3 rings (SSSR count). The molecule has 1 fully saturated rings. The number of rotatable bonds is 5. The number of carbonyl (C=O) groups excluding carboxylic acids is 1. The number of thioether (sulfide) groups is 1. The summed E-state index contributed by atoms with van der Waals surface area (Å²) in [5.41, 5.74) is 0.178. The molecule has 2 amide bonds. The van der Waals surface area contributed by atoms with Crippen molar-refractivity contribution in [2.45, 2.75) is 24.8 Å². The molecule has 10 nitrogen and oxygen atoms in total. The predicted octanol–water partition coefficient (Wildman–Crippen LogP) is 3.88. The second kappa shape index (κ2) is 8.19. The molecule has 0 bridgehead atoms. The third-order valence-corrected chi connectivity index (χ3v) is 5.55. The minimum Gasteiger partial charge on any atom is -0.463 e. The lowest BCUT2D eigenvalue weighted by atomic mass is 10.1. The number of furan rings is 1. The van der Waals surface area contributed by atoms with E-state index >= 15 is 0 Å². The van der Waals surface area contributed by atoms with Crippen molar-refractivity contribution in [2.24, 2.45) is 5.10 Å². The van der Waals surface area contributed by atoms with Crippen LogP contribution in [0.2, 0.25) is 0 Å². The molecule has 2 heterocycles. The molecule has 2 N–H and O–H groups in total. The van der Waals surface area contributed by atoms with Gasteiger partial charge in [0, 0.05) is 17.8 Å². The van der Waals surface area contributed by atoms with E-state index in [9.17, 15) is 20.1 Å². The highest BCUT2D eigenvalue weighted by Gasteiger charge is 2.50. The molecule has 12 heteroatoms. The number of nitro benzene ring substituents is 1. The van der Waals surface area contributed by atoms with E-state index in [4.69, 9.17) is 16.6 Å². The maximum absolute atomic E-state index is 12.6. The molecular weight excluding hydrogens is 418 g/mol. The first-order chi connectivity index (χ1) is 13.7. The average Bonchev–Trinajstić information content (AvgIpc) is 3.24. The van der Waals surface area contributed by atoms with E-state index in [1.165, 1.54) is 53.5 Å². The molecule has 1 aliphatic heterocycles. The fraction of sp³-hybridized carbons (Fsp3) is 0.235. The fourth-order valence-electron chi connectivity index (χ4n) is 2.67. The van der Waals surface area contributed by atoms with Crippen molar-refractivity contribution in [3.63, 3.8) is 0 Å². The highest BCUT2D eigenvalue weighted by Crippen LogP contribution is 2.42. The van der Waals surface area contributed by atoms with Crippen molar-refractivity contribution in [1.29, 1.82) is 0 Å². The van der Waals surface area contributed by atoms with Gasteiger partial charge >= 0.3 is 6.03 Å². The first-order valence-corrected chi connectivity index (χ1v) is 9.55. The number of nitrogens with one attached hydrogen (secondary N) is 1. The van der Waals surface area contributed by atoms with Gasteiger partial charge in [0.25, 0.3) is 5.69 Å². The second-order valence-corrected chi connectivity index (χ2v) is 8.82. The largest absolute Gasteiger partial charge is 0.463 e. The maximum atomic E-state index is 12.6. The van der Waals surface area contributed by atoms with Crippen LogP contribution in [0.5, 0.6) is 0 Å². The van der Waals surface area contributed by atoms with Gasteiger partial charge in [0.05, 0.1) is 22.1 Å². The number of nitrogens with zero attached hydrogens (tertiary/aromatic N) is 4. The van der Waals surface area contributed by atoms with Gasteiger partial charge < -0.3 is 9.73 Å². The molecule has 1 aliphatic rings. The summed E-state index contributed by atoms with van der Waals surface area (Å²) in [5.74, 6) is 0.487. The number of thiocarbonyl (C=S) groups is 1. The van der Waals surface area contributed by atoms with Gasteiger partial charge in [-0.1, -0.05) is 24.0 Å². The first kappa shape index (κ1) is 20.8. The zero-order chi connectivity index (χ0) is 21.2. The Morgan fingerprint density at radius 2 is 2.14 bits per heavy atom. The van der Waals surface area contributed by atoms with Gasteiger partial charge in [0.2, 0.25) is 0 Å². The summed E-state index contributed by atoms with van der Waals surface area (Å²) in [4.78, 5) is 22.8. The van der Waals surface area contributed by atoms with Crippen molar-refractivity contribution in [1.82, 2.24) is 10.1 Å². The van der Waals surface area contributed by atoms with E-state index in [0.717, 1.165) is 0 Å². The summed E-state index contributed by atoms with van der Waals surface area (Å²) in [6.07, 6.45) is 2.03. The summed E-state index contributed by atoms with van der Waals surface area (Å²) >= 11 is 6.64. The van der Waals surface area contributed by atoms with Crippen LogP contribution in [-0.2, 0) is 0 Å². The lowest BCUT2D eigenvalue weighted by molar-refractivity contribution is -0.384. The Morgan fingerprint density at radius 1 is 1.45 bits per heavy atom. The number of nitro groups is 1. The summed E-state index contributed by atoms with van der Waals surface area (Å²) < 4.78 is 4.91. The quantitative estimate of drug-likeness (QED) is 0.238. The standard InChI is InChI=1S/C17H17N5O5S2/c1-17(2)14(20(16(28)29-17)18-10-13-4-3-9-27-13)21(24)15(23)19-11-5-7-12(8-6-11)22(25)26/h3-10,14,24H,1-2H3,(H,19,23). The zero-order valence-electron chi connectivity index (χ0n) is 15.4. The smallest absolute Gasteiger partial charge is 0.347 e. The summed E-state index contributed by atoms with van der Waals surface area (Å²) in [6, 6.07) is 7.82. The van der Waals surface area contributed by atoms with Gasteiger partial charge in [-0.05, 0) is 38.1 Å². The number of hydrogen-bond donors (Lipinski definition) is 2. The molecule has 0 radical (unpaired) electrons. The van der Waals surface area contributed by atoms with Crippen molar-refractivity contribution in [2.75, 3.05) is 5.32 Å². The van der Waals surface area contributed by atoms with Gasteiger partial charge in [0.1, 0.15) is 5.76 Å². The molecular formula is C17H17N5O5S2. The van der Waals surface area contributed by atoms with Crippen LogP contribution in [0.3, 0.4) is 0 Å². The van der Waals surface area contributed by atoms with Crippen LogP contribution in [0.15, 0.2) is 52.2 Å². The second-order valence-electron chi connectivity index (χ2n) is 6.53. The van der Waals surface area contributed by atoms with Crippen molar-refractivity contribution in [3.05, 3.63) is 58.5 Å². The summed E-state index contributed by atoms with van der Waals surface area (Å²) in [5, 5.41) is 30.0. The Hall–Kier alpha value is -2.96. The molecule has 0 saturated carbocycles. The number of hydrogen-bond acceptors (Lipinski definition) is 8. The first-order valence-electron chi connectivity index (χ1n) is 8.32. The number of carbonyl (C=O) groups is 1. The van der Waals surface area contributed by atoms with Gasteiger partial charge in [0.15, 0.2) is 10.5 Å². The molecule has 1 aromatic carbocycles. The summed E-state index contributed by atoms with van der Waals surface area (Å²) in [7, 11) is 0. The Balaban J connectivity index is 1.78. The van der Waals surface area contributed by atoms with Crippen LogP contribution >= 0.6 is 24.0 Å². The molecule has 1 saturated heterocycles. The minimum atomic E-state index is -0.899. The van der Waals surface area contributed by atoms with Gasteiger partial charge in [-0.15, -0.1) is 0 Å². The number of non-ortho nitro benzene ring substituents is 1. The van der Waals surface area contributed by atoms with Crippen LogP contribution in [0.25, 0.3) is 0 Å². The monoisotopic (exact) mass is 435 g/mol. The lowest BCUT2D eigenvalue weighted by Gasteiger charge is -2.34. The van der Waals surface area contributed by atoms with Gasteiger partial charge in [-0.3, -0.25) is 15.3 Å². The topological polar surface area (TPSA) is 124 Å². The molecule has 29 heavy (non-hydrogen) atoms. The third-order valence-electron chi connectivity index (χ3n) is 4.01. The van der Waals surface area contributed by atoms with E-state index in [1.54, 1.807) is 12.1 Å². The molecule has 1 atom stereocenters. The minimum absolute atomic E-state index is 0.110. The number of hydroxylamine groups is 2. The van der Waals surface area contributed by atoms with Crippen LogP contribution in [0.4, 0.5) is 16.2 Å². The van der Waals surface area contributed by atoms with E-state index in [0.29, 0.717) is 15.1 Å². The zero-order valence-corrected chi connectivity index (χ0v) is 17.0. The molecule has 1 unspecified atom stereocenters. The molecule has 0 spiro atoms. The number of benzene rings is 1. The summed E-state index contributed by atoms with van der Waals surface area (Å²) in [6.45, 7) is 3.64. The van der Waals surface area contributed by atoms with E-state index in [-0.39, 0.29) is 11.4 Å². The van der Waals surface area contributed by atoms with Crippen molar-refractivity contribution in [3.8, 4) is 0 Å². The Kier molecular flexibility index (Phi) is 5.86. The molecule has 2 aromatic rings. The number of anilines is 1. The SMILES string of the molecule is CC1(C)SC(=S)N(N=Cc2ccco2)C1N(O)C(=O)Nc1ccc([N+](=O)[O-])cc1. The van der Waals surface area contributed by atoms with E-state index in [2.05, 4.69) is 10.4 Å². The maximum Gasteiger partial charge on any atom is 0.347 e. The van der Waals surface area contributed by atoms with Crippen molar-refractivity contribution >= 4 is 51.9 Å². The Bertz CT molecular complexity index is 946. The Morgan fingerprint density at radius 3 is 2.72 bits per heavy atom. The average molecular weight is 435 g/mol. The molecule has 1 aromatic heterocycles. The number of hydrazone groups is 1. The molecule has 152 valence electrons. The predicted molar refractivity (Wildman–Crippen MR) is 112 cm³/mol. The number of urea groups is 1. The van der Waals surface area contributed by atoms with Gasteiger partial charge in [-0.2, -0.15) is 10.2 Å². The molecule has 0 aliphatic carbocycles. The normalized spacial score (nSPS) is 18.2. The highest BCUT2D eigenvalue weighted by atomic mass is 32.2. The highest BCUT2D eigenvalue weighted by molar-refractivity contribution is 8.24. The lowest BCUT2D eigenvalue weighted by Crippen LogP contribution is -2.54. The van der Waals surface area contributed by atoms with Crippen LogP contribution in [0, 0.1) is 10.1 Å².